The van der Waals surface area contributed by atoms with Gasteiger partial charge in [0.1, 0.15) is 17.5 Å². The molecule has 1 aromatic carbocycles. The van der Waals surface area contributed by atoms with Crippen LogP contribution in [0.3, 0.4) is 0 Å². The minimum Gasteiger partial charge on any atom is -0.493 e. The van der Waals surface area contributed by atoms with Crippen molar-refractivity contribution in [3.63, 3.8) is 0 Å². The zero-order valence-corrected chi connectivity index (χ0v) is 11.8. The van der Waals surface area contributed by atoms with Gasteiger partial charge in [-0.3, -0.25) is 0 Å². The Labute approximate surface area is 121 Å². The van der Waals surface area contributed by atoms with Gasteiger partial charge in [-0.1, -0.05) is 0 Å². The van der Waals surface area contributed by atoms with Crippen LogP contribution in [0.25, 0.3) is 0 Å². The third-order valence-corrected chi connectivity index (χ3v) is 2.60. The lowest BCUT2D eigenvalue weighted by Gasteiger charge is -2.13. The first-order valence-corrected chi connectivity index (χ1v) is 5.92. The predicted octanol–water partition coefficient (Wildman–Crippen LogP) is 2.17. The van der Waals surface area contributed by atoms with Crippen molar-refractivity contribution in [3.05, 3.63) is 30.1 Å². The highest BCUT2D eigenvalue weighted by atomic mass is 16.5. The van der Waals surface area contributed by atoms with E-state index in [9.17, 15) is 0 Å². The zero-order chi connectivity index (χ0) is 15.2. The van der Waals surface area contributed by atoms with Crippen LogP contribution in [0.4, 0.5) is 0 Å². The molecule has 1 aromatic heterocycles. The maximum absolute atomic E-state index is 8.81. The van der Waals surface area contributed by atoms with Crippen molar-refractivity contribution in [2.45, 2.75) is 0 Å². The number of ether oxygens (including phenoxy) is 4. The van der Waals surface area contributed by atoms with Crippen molar-refractivity contribution in [1.29, 1.82) is 5.26 Å². The summed E-state index contributed by atoms with van der Waals surface area (Å²) in [6.07, 6.45) is 1.44. The van der Waals surface area contributed by atoms with Gasteiger partial charge in [0.25, 0.3) is 0 Å². The van der Waals surface area contributed by atoms with Crippen LogP contribution >= 0.6 is 0 Å². The molecule has 0 radical (unpaired) electrons. The van der Waals surface area contributed by atoms with Gasteiger partial charge < -0.3 is 18.9 Å². The molecule has 7 nitrogen and oxygen atoms in total. The minimum absolute atomic E-state index is 0.0586. The monoisotopic (exact) mass is 287 g/mol. The van der Waals surface area contributed by atoms with Gasteiger partial charge in [0.05, 0.1) is 21.3 Å². The molecule has 0 spiro atoms. The number of hydrogen-bond donors (Lipinski definition) is 0. The molecule has 0 aliphatic carbocycles. The second-order valence-electron chi connectivity index (χ2n) is 3.80. The van der Waals surface area contributed by atoms with E-state index in [2.05, 4.69) is 9.97 Å². The Morgan fingerprint density at radius 1 is 1.05 bits per heavy atom. The Kier molecular flexibility index (Phi) is 4.41. The maximum Gasteiger partial charge on any atom is 0.323 e. The van der Waals surface area contributed by atoms with E-state index >= 15 is 0 Å². The lowest BCUT2D eigenvalue weighted by Crippen LogP contribution is -1.97. The van der Waals surface area contributed by atoms with Crippen LogP contribution in [0.5, 0.6) is 29.0 Å². The molecule has 108 valence electrons. The second kappa shape index (κ2) is 6.43. The van der Waals surface area contributed by atoms with E-state index in [-0.39, 0.29) is 11.7 Å². The number of aromatic nitrogens is 2. The molecule has 0 N–H and O–H groups in total. The Bertz CT molecular complexity index is 657. The van der Waals surface area contributed by atoms with Gasteiger partial charge in [-0.15, -0.1) is 0 Å². The van der Waals surface area contributed by atoms with Gasteiger partial charge in [0.2, 0.25) is 5.75 Å². The largest absolute Gasteiger partial charge is 0.493 e. The molecule has 21 heavy (non-hydrogen) atoms. The van der Waals surface area contributed by atoms with Crippen LogP contribution < -0.4 is 18.9 Å². The van der Waals surface area contributed by atoms with Gasteiger partial charge >= 0.3 is 6.01 Å². The van der Waals surface area contributed by atoms with Crippen LogP contribution in [-0.2, 0) is 0 Å². The molecule has 0 aliphatic heterocycles. The average Bonchev–Trinajstić information content (AvgIpc) is 2.53. The van der Waals surface area contributed by atoms with Crippen molar-refractivity contribution in [3.8, 4) is 35.1 Å². The SMILES string of the molecule is COc1cc(Oc2nccc(C#N)n2)cc(OC)c1OC. The van der Waals surface area contributed by atoms with Crippen molar-refractivity contribution >= 4 is 0 Å². The fraction of sp³-hybridized carbons (Fsp3) is 0.214. The summed E-state index contributed by atoms with van der Waals surface area (Å²) in [5.74, 6) is 1.75. The number of nitrogens with zero attached hydrogens (tertiary/aromatic N) is 3. The highest BCUT2D eigenvalue weighted by Gasteiger charge is 2.15. The molecule has 7 heteroatoms. The van der Waals surface area contributed by atoms with Gasteiger partial charge in [-0.25, -0.2) is 4.98 Å². The first-order valence-electron chi connectivity index (χ1n) is 5.92. The Morgan fingerprint density at radius 3 is 2.24 bits per heavy atom. The molecule has 0 aliphatic rings. The van der Waals surface area contributed by atoms with Crippen LogP contribution in [0, 0.1) is 11.3 Å². The Hall–Kier alpha value is -3.01. The van der Waals surface area contributed by atoms with E-state index in [0.717, 1.165) is 0 Å². The number of methoxy groups -OCH3 is 3. The van der Waals surface area contributed by atoms with Crippen LogP contribution in [0.1, 0.15) is 5.69 Å². The van der Waals surface area contributed by atoms with Crippen LogP contribution in [-0.4, -0.2) is 31.3 Å². The fourth-order valence-corrected chi connectivity index (χ4v) is 1.67. The van der Waals surface area contributed by atoms with Crippen LogP contribution in [0.15, 0.2) is 24.4 Å². The molecule has 0 unspecified atom stereocenters. The number of benzene rings is 1. The molecule has 0 saturated heterocycles. The Morgan fingerprint density at radius 2 is 1.71 bits per heavy atom. The maximum atomic E-state index is 8.81. The lowest BCUT2D eigenvalue weighted by atomic mass is 10.2. The molecule has 0 amide bonds. The van der Waals surface area contributed by atoms with E-state index in [4.69, 9.17) is 24.2 Å². The number of rotatable bonds is 5. The minimum atomic E-state index is 0.0586. The molecule has 0 atom stereocenters. The molecule has 2 aromatic rings. The van der Waals surface area contributed by atoms with E-state index in [1.54, 1.807) is 12.1 Å². The summed E-state index contributed by atoms with van der Waals surface area (Å²) in [5, 5.41) is 8.81. The highest BCUT2D eigenvalue weighted by Crippen LogP contribution is 2.41. The van der Waals surface area contributed by atoms with Crippen LogP contribution in [0.2, 0.25) is 0 Å². The van der Waals surface area contributed by atoms with Crippen molar-refractivity contribution < 1.29 is 18.9 Å². The van der Waals surface area contributed by atoms with E-state index in [1.807, 2.05) is 6.07 Å². The lowest BCUT2D eigenvalue weighted by molar-refractivity contribution is 0.320. The van der Waals surface area contributed by atoms with E-state index in [1.165, 1.54) is 33.6 Å². The smallest absolute Gasteiger partial charge is 0.323 e. The molecule has 2 rings (SSSR count). The Balaban J connectivity index is 2.38. The summed E-state index contributed by atoms with van der Waals surface area (Å²) in [5.41, 5.74) is 0.215. The summed E-state index contributed by atoms with van der Waals surface area (Å²) in [6, 6.07) is 6.69. The van der Waals surface area contributed by atoms with Gasteiger partial charge in [0.15, 0.2) is 11.5 Å². The van der Waals surface area contributed by atoms with E-state index in [0.29, 0.717) is 23.0 Å². The number of hydrogen-bond acceptors (Lipinski definition) is 7. The van der Waals surface area contributed by atoms with Gasteiger partial charge in [0, 0.05) is 18.3 Å². The highest BCUT2D eigenvalue weighted by molar-refractivity contribution is 5.56. The number of nitriles is 1. The molecule has 0 saturated carbocycles. The molecule has 0 bridgehead atoms. The topological polar surface area (TPSA) is 86.5 Å². The third kappa shape index (κ3) is 3.12. The van der Waals surface area contributed by atoms with Crippen molar-refractivity contribution in [2.24, 2.45) is 0 Å². The fourth-order valence-electron chi connectivity index (χ4n) is 1.67. The van der Waals surface area contributed by atoms with Crippen molar-refractivity contribution in [1.82, 2.24) is 9.97 Å². The summed E-state index contributed by atoms with van der Waals surface area (Å²) < 4.78 is 21.2. The average molecular weight is 287 g/mol. The summed E-state index contributed by atoms with van der Waals surface area (Å²) in [7, 11) is 4.53. The normalized spacial score (nSPS) is 9.62. The predicted molar refractivity (Wildman–Crippen MR) is 72.9 cm³/mol. The van der Waals surface area contributed by atoms with Gasteiger partial charge in [-0.05, 0) is 6.07 Å². The van der Waals surface area contributed by atoms with Crippen molar-refractivity contribution in [2.75, 3.05) is 21.3 Å². The summed E-state index contributed by atoms with van der Waals surface area (Å²) in [6.45, 7) is 0. The quantitative estimate of drug-likeness (QED) is 0.832. The first kappa shape index (κ1) is 14.4. The zero-order valence-electron chi connectivity index (χ0n) is 11.8. The summed E-state index contributed by atoms with van der Waals surface area (Å²) in [4.78, 5) is 7.87. The first-order chi connectivity index (χ1) is 10.2. The molecular formula is C14H13N3O4. The second-order valence-corrected chi connectivity index (χ2v) is 3.80. The van der Waals surface area contributed by atoms with Gasteiger partial charge in [-0.2, -0.15) is 10.2 Å². The standard InChI is InChI=1S/C14H13N3O4/c1-18-11-6-10(7-12(19-2)13(11)20-3)21-14-16-5-4-9(8-15)17-14/h4-7H,1-3H3. The molecule has 1 heterocycles. The van der Waals surface area contributed by atoms with E-state index < -0.39 is 0 Å². The summed E-state index contributed by atoms with van der Waals surface area (Å²) >= 11 is 0. The molecular weight excluding hydrogens is 274 g/mol. The third-order valence-electron chi connectivity index (χ3n) is 2.60. The molecule has 0 fully saturated rings.